The molecule has 2 amide bonds. The SMILES string of the molecule is CC1CCN(C(=O)c2cc(N)cc(C3CCN(C(=O)OC(C)(C)C)CC3)c2)CC1. The van der Waals surface area contributed by atoms with Crippen molar-refractivity contribution in [3.05, 3.63) is 29.3 Å². The van der Waals surface area contributed by atoms with E-state index in [-0.39, 0.29) is 12.0 Å². The molecule has 6 nitrogen and oxygen atoms in total. The molecule has 0 atom stereocenters. The summed E-state index contributed by atoms with van der Waals surface area (Å²) < 4.78 is 5.48. The van der Waals surface area contributed by atoms with Crippen molar-refractivity contribution in [1.29, 1.82) is 0 Å². The van der Waals surface area contributed by atoms with Crippen molar-refractivity contribution in [2.24, 2.45) is 5.92 Å². The molecule has 0 bridgehead atoms. The molecule has 1 aromatic carbocycles. The van der Waals surface area contributed by atoms with E-state index in [9.17, 15) is 9.59 Å². The zero-order chi connectivity index (χ0) is 21.2. The average molecular weight is 402 g/mol. The number of ether oxygens (including phenoxy) is 1. The lowest BCUT2D eigenvalue weighted by molar-refractivity contribution is 0.0205. The average Bonchev–Trinajstić information content (AvgIpc) is 2.66. The maximum atomic E-state index is 13.0. The number of nitrogen functional groups attached to an aromatic ring is 1. The Morgan fingerprint density at radius 1 is 0.966 bits per heavy atom. The number of piperidine rings is 2. The third-order valence-corrected chi connectivity index (χ3v) is 5.91. The van der Waals surface area contributed by atoms with Crippen LogP contribution in [-0.4, -0.2) is 53.6 Å². The van der Waals surface area contributed by atoms with Crippen molar-refractivity contribution < 1.29 is 14.3 Å². The molecule has 0 aromatic heterocycles. The zero-order valence-corrected chi connectivity index (χ0v) is 18.2. The molecule has 0 aliphatic carbocycles. The number of carbonyl (C=O) groups excluding carboxylic acids is 2. The van der Waals surface area contributed by atoms with Crippen molar-refractivity contribution in [3.63, 3.8) is 0 Å². The molecule has 6 heteroatoms. The van der Waals surface area contributed by atoms with Gasteiger partial charge in [0.2, 0.25) is 0 Å². The van der Waals surface area contributed by atoms with Gasteiger partial charge in [0.25, 0.3) is 5.91 Å². The van der Waals surface area contributed by atoms with Crippen molar-refractivity contribution in [2.45, 2.75) is 64.9 Å². The largest absolute Gasteiger partial charge is 0.444 e. The second-order valence-electron chi connectivity index (χ2n) is 9.60. The van der Waals surface area contributed by atoms with E-state index in [2.05, 4.69) is 6.92 Å². The zero-order valence-electron chi connectivity index (χ0n) is 18.2. The number of rotatable bonds is 2. The number of carbonyl (C=O) groups is 2. The minimum absolute atomic E-state index is 0.0802. The Morgan fingerprint density at radius 2 is 1.55 bits per heavy atom. The normalized spacial score (nSPS) is 19.3. The summed E-state index contributed by atoms with van der Waals surface area (Å²) in [5.41, 5.74) is 8.08. The van der Waals surface area contributed by atoms with Gasteiger partial charge in [-0.2, -0.15) is 0 Å². The summed E-state index contributed by atoms with van der Waals surface area (Å²) >= 11 is 0. The first-order chi connectivity index (χ1) is 13.6. The molecular formula is C23H35N3O3. The van der Waals surface area contributed by atoms with Crippen LogP contribution in [-0.2, 0) is 4.74 Å². The topological polar surface area (TPSA) is 75.9 Å². The molecule has 3 rings (SSSR count). The summed E-state index contributed by atoms with van der Waals surface area (Å²) in [7, 11) is 0. The highest BCUT2D eigenvalue weighted by Gasteiger charge is 2.28. The van der Waals surface area contributed by atoms with E-state index in [1.54, 1.807) is 11.0 Å². The number of benzene rings is 1. The summed E-state index contributed by atoms with van der Waals surface area (Å²) in [6, 6.07) is 5.77. The first-order valence-corrected chi connectivity index (χ1v) is 10.8. The van der Waals surface area contributed by atoms with Gasteiger partial charge in [0.05, 0.1) is 0 Å². The highest BCUT2D eigenvalue weighted by molar-refractivity contribution is 5.95. The molecule has 2 heterocycles. The molecule has 2 fully saturated rings. The molecule has 0 radical (unpaired) electrons. The molecule has 0 unspecified atom stereocenters. The Morgan fingerprint density at radius 3 is 2.14 bits per heavy atom. The van der Waals surface area contributed by atoms with E-state index >= 15 is 0 Å². The first-order valence-electron chi connectivity index (χ1n) is 10.8. The van der Waals surface area contributed by atoms with Crippen LogP contribution in [0.1, 0.15) is 75.2 Å². The van der Waals surface area contributed by atoms with Crippen molar-refractivity contribution >= 4 is 17.7 Å². The number of amides is 2. The molecule has 2 N–H and O–H groups in total. The van der Waals surface area contributed by atoms with Gasteiger partial charge >= 0.3 is 6.09 Å². The third kappa shape index (κ3) is 5.64. The highest BCUT2D eigenvalue weighted by atomic mass is 16.6. The Labute approximate surface area is 174 Å². The van der Waals surface area contributed by atoms with Gasteiger partial charge in [-0.15, -0.1) is 0 Å². The van der Waals surface area contributed by atoms with E-state index in [1.807, 2.05) is 37.8 Å². The van der Waals surface area contributed by atoms with Gasteiger partial charge in [-0.05, 0) is 82.1 Å². The molecule has 0 spiro atoms. The second-order valence-corrected chi connectivity index (χ2v) is 9.60. The molecular weight excluding hydrogens is 366 g/mol. The molecule has 2 aliphatic heterocycles. The number of hydrogen-bond acceptors (Lipinski definition) is 4. The van der Waals surface area contributed by atoms with Crippen LogP contribution in [0.2, 0.25) is 0 Å². The Bertz CT molecular complexity index is 740. The summed E-state index contributed by atoms with van der Waals surface area (Å²) in [4.78, 5) is 29.0. The van der Waals surface area contributed by atoms with Gasteiger partial charge in [-0.1, -0.05) is 6.92 Å². The quantitative estimate of drug-likeness (QED) is 0.752. The standard InChI is InChI=1S/C23H35N3O3/c1-16-5-9-25(10-6-16)21(27)19-13-18(14-20(24)15-19)17-7-11-26(12-8-17)22(28)29-23(2,3)4/h13-17H,5-12,24H2,1-4H3. The predicted octanol–water partition coefficient (Wildman–Crippen LogP) is 4.26. The molecule has 29 heavy (non-hydrogen) atoms. The lowest BCUT2D eigenvalue weighted by Gasteiger charge is -2.34. The van der Waals surface area contributed by atoms with Crippen molar-refractivity contribution in [3.8, 4) is 0 Å². The van der Waals surface area contributed by atoms with Gasteiger partial charge in [0.1, 0.15) is 5.60 Å². The molecule has 1 aromatic rings. The second kappa shape index (κ2) is 8.64. The Balaban J connectivity index is 1.65. The predicted molar refractivity (Wildman–Crippen MR) is 115 cm³/mol. The monoisotopic (exact) mass is 401 g/mol. The smallest absolute Gasteiger partial charge is 0.410 e. The summed E-state index contributed by atoms with van der Waals surface area (Å²) in [5, 5.41) is 0. The minimum atomic E-state index is -0.483. The summed E-state index contributed by atoms with van der Waals surface area (Å²) in [5.74, 6) is 1.06. The molecule has 160 valence electrons. The van der Waals surface area contributed by atoms with Crippen LogP contribution in [0, 0.1) is 5.92 Å². The van der Waals surface area contributed by atoms with Crippen LogP contribution >= 0.6 is 0 Å². The van der Waals surface area contributed by atoms with E-state index in [4.69, 9.17) is 10.5 Å². The van der Waals surface area contributed by atoms with Crippen LogP contribution in [0.15, 0.2) is 18.2 Å². The molecule has 0 saturated carbocycles. The van der Waals surface area contributed by atoms with Gasteiger partial charge in [-0.3, -0.25) is 4.79 Å². The number of nitrogens with zero attached hydrogens (tertiary/aromatic N) is 2. The molecule has 2 saturated heterocycles. The number of likely N-dealkylation sites (tertiary alicyclic amines) is 2. The lowest BCUT2D eigenvalue weighted by atomic mass is 9.88. The fourth-order valence-electron chi connectivity index (χ4n) is 4.15. The maximum absolute atomic E-state index is 13.0. The van der Waals surface area contributed by atoms with Gasteiger partial charge < -0.3 is 20.3 Å². The molecule has 2 aliphatic rings. The fourth-order valence-corrected chi connectivity index (χ4v) is 4.15. The number of hydrogen-bond donors (Lipinski definition) is 1. The van der Waals surface area contributed by atoms with E-state index in [0.29, 0.717) is 36.2 Å². The maximum Gasteiger partial charge on any atom is 0.410 e. The van der Waals surface area contributed by atoms with Crippen LogP contribution in [0.3, 0.4) is 0 Å². The van der Waals surface area contributed by atoms with Crippen LogP contribution in [0.25, 0.3) is 0 Å². The highest BCUT2D eigenvalue weighted by Crippen LogP contribution is 2.31. The van der Waals surface area contributed by atoms with Crippen LogP contribution in [0.4, 0.5) is 10.5 Å². The van der Waals surface area contributed by atoms with Gasteiger partial charge in [0, 0.05) is 37.4 Å². The number of nitrogens with two attached hydrogens (primary N) is 1. The van der Waals surface area contributed by atoms with Crippen molar-refractivity contribution in [1.82, 2.24) is 9.80 Å². The summed E-state index contributed by atoms with van der Waals surface area (Å²) in [6.45, 7) is 10.8. The van der Waals surface area contributed by atoms with Crippen LogP contribution < -0.4 is 5.73 Å². The van der Waals surface area contributed by atoms with Crippen LogP contribution in [0.5, 0.6) is 0 Å². The van der Waals surface area contributed by atoms with Crippen molar-refractivity contribution in [2.75, 3.05) is 31.9 Å². The third-order valence-electron chi connectivity index (χ3n) is 5.91. The van der Waals surface area contributed by atoms with E-state index in [0.717, 1.165) is 44.3 Å². The Hall–Kier alpha value is -2.24. The van der Waals surface area contributed by atoms with E-state index in [1.165, 1.54) is 0 Å². The van der Waals surface area contributed by atoms with Gasteiger partial charge in [-0.25, -0.2) is 4.79 Å². The number of anilines is 1. The Kier molecular flexibility index (Phi) is 6.39. The first kappa shape index (κ1) is 21.5. The summed E-state index contributed by atoms with van der Waals surface area (Å²) in [6.07, 6.45) is 3.56. The minimum Gasteiger partial charge on any atom is -0.444 e. The van der Waals surface area contributed by atoms with Gasteiger partial charge in [0.15, 0.2) is 0 Å². The van der Waals surface area contributed by atoms with E-state index < -0.39 is 5.60 Å². The lowest BCUT2D eigenvalue weighted by Crippen LogP contribution is -2.41. The fraction of sp³-hybridized carbons (Fsp3) is 0.652.